The summed E-state index contributed by atoms with van der Waals surface area (Å²) in [5.41, 5.74) is 1.68. The summed E-state index contributed by atoms with van der Waals surface area (Å²) in [6.45, 7) is 2.70. The molecule has 170 valence electrons. The predicted molar refractivity (Wildman–Crippen MR) is 107 cm³/mol. The van der Waals surface area contributed by atoms with Gasteiger partial charge in [-0.05, 0) is 43.7 Å². The largest absolute Gasteiger partial charge is 0.480 e. The molecule has 1 atom stereocenters. The van der Waals surface area contributed by atoms with Crippen LogP contribution < -0.4 is 4.74 Å². The summed E-state index contributed by atoms with van der Waals surface area (Å²) < 4.78 is 58.9. The van der Waals surface area contributed by atoms with Crippen LogP contribution in [0.3, 0.4) is 0 Å². The van der Waals surface area contributed by atoms with Gasteiger partial charge in [-0.15, -0.1) is 0 Å². The highest BCUT2D eigenvalue weighted by molar-refractivity contribution is 5.97. The smallest absolute Gasteiger partial charge is 0.425 e. The van der Waals surface area contributed by atoms with Crippen LogP contribution in [0.4, 0.5) is 17.6 Å². The number of aromatic nitrogens is 3. The van der Waals surface area contributed by atoms with Crippen LogP contribution in [-0.2, 0) is 13.1 Å². The van der Waals surface area contributed by atoms with Crippen molar-refractivity contribution in [3.8, 4) is 17.6 Å². The number of carbonyl (C=O) groups excluding carboxylic acids is 1. The van der Waals surface area contributed by atoms with Crippen LogP contribution in [0, 0.1) is 24.1 Å². The average Bonchev–Trinajstić information content (AvgIpc) is 3.34. The van der Waals surface area contributed by atoms with Crippen molar-refractivity contribution in [3.05, 3.63) is 70.4 Å². The van der Waals surface area contributed by atoms with Crippen LogP contribution in [0.15, 0.2) is 36.7 Å². The first-order valence-electron chi connectivity index (χ1n) is 9.83. The molecule has 1 aliphatic heterocycles. The van der Waals surface area contributed by atoms with Crippen LogP contribution in [0.5, 0.6) is 5.75 Å². The second-order valence-electron chi connectivity index (χ2n) is 7.62. The van der Waals surface area contributed by atoms with E-state index in [0.717, 1.165) is 18.7 Å². The number of ether oxygens (including phenoxy) is 1. The maximum atomic E-state index is 13.5. The average molecular weight is 459 g/mol. The van der Waals surface area contributed by atoms with E-state index in [1.54, 1.807) is 19.2 Å². The van der Waals surface area contributed by atoms with Gasteiger partial charge in [-0.3, -0.25) is 4.79 Å². The summed E-state index contributed by atoms with van der Waals surface area (Å²) >= 11 is 0. The first-order valence-corrected chi connectivity index (χ1v) is 9.83. The maximum absolute atomic E-state index is 13.5. The van der Waals surface area contributed by atoms with E-state index in [-0.39, 0.29) is 30.0 Å². The lowest BCUT2D eigenvalue weighted by molar-refractivity contribution is -0.189. The minimum absolute atomic E-state index is 0.104. The van der Waals surface area contributed by atoms with E-state index in [0.29, 0.717) is 17.1 Å². The van der Waals surface area contributed by atoms with Crippen LogP contribution in [0.25, 0.3) is 5.82 Å². The van der Waals surface area contributed by atoms with Gasteiger partial charge in [0.25, 0.3) is 5.91 Å². The summed E-state index contributed by atoms with van der Waals surface area (Å²) in [7, 11) is 0. The van der Waals surface area contributed by atoms with Crippen molar-refractivity contribution < 1.29 is 27.1 Å². The van der Waals surface area contributed by atoms with Crippen molar-refractivity contribution in [2.45, 2.75) is 39.2 Å². The van der Waals surface area contributed by atoms with E-state index in [1.807, 2.05) is 6.07 Å². The third-order valence-corrected chi connectivity index (χ3v) is 5.24. The van der Waals surface area contributed by atoms with E-state index in [2.05, 4.69) is 10.1 Å². The third-order valence-electron chi connectivity index (χ3n) is 5.24. The molecule has 2 aromatic heterocycles. The standard InChI is InChI=1S/C22H17F4N5O2/c1-12-5-20(28-8-17(12)23)31-10-15-9-30(11-18(15)29-31)21(32)16-6-14(7-27)3-4-19(16)33-13(2)22(24,25)26/h3-6,8,10,13H,9,11H2,1-2H3/t13-/m0/s1. The lowest BCUT2D eigenvalue weighted by atomic mass is 10.1. The number of nitrogens with zero attached hydrogens (tertiary/aromatic N) is 5. The number of rotatable bonds is 4. The van der Waals surface area contributed by atoms with Gasteiger partial charge in [0.1, 0.15) is 11.6 Å². The zero-order chi connectivity index (χ0) is 23.9. The number of amides is 1. The molecule has 0 bridgehead atoms. The Morgan fingerprint density at radius 3 is 2.67 bits per heavy atom. The molecule has 0 N–H and O–H groups in total. The van der Waals surface area contributed by atoms with Crippen molar-refractivity contribution >= 4 is 5.91 Å². The van der Waals surface area contributed by atoms with Crippen LogP contribution >= 0.6 is 0 Å². The van der Waals surface area contributed by atoms with Gasteiger partial charge >= 0.3 is 6.18 Å². The number of fused-ring (bicyclic) bond motifs is 1. The van der Waals surface area contributed by atoms with Gasteiger partial charge in [-0.2, -0.15) is 23.5 Å². The SMILES string of the molecule is Cc1cc(-n2cc3c(n2)CN(C(=O)c2cc(C#N)ccc2O[C@@H](C)C(F)(F)F)C3)ncc1F. The molecule has 0 fully saturated rings. The van der Waals surface area contributed by atoms with E-state index >= 15 is 0 Å². The molecular formula is C22H17F4N5O2. The molecule has 0 saturated carbocycles. The first-order chi connectivity index (χ1) is 15.6. The number of hydrogen-bond acceptors (Lipinski definition) is 5. The minimum Gasteiger partial charge on any atom is -0.480 e. The van der Waals surface area contributed by atoms with Crippen molar-refractivity contribution in [2.75, 3.05) is 0 Å². The molecule has 0 saturated heterocycles. The Morgan fingerprint density at radius 2 is 2.03 bits per heavy atom. The van der Waals surface area contributed by atoms with Crippen LogP contribution in [-0.4, -0.2) is 37.9 Å². The molecule has 0 unspecified atom stereocenters. The molecule has 33 heavy (non-hydrogen) atoms. The number of pyridine rings is 1. The van der Waals surface area contributed by atoms with Gasteiger partial charge in [0.2, 0.25) is 0 Å². The number of benzene rings is 1. The quantitative estimate of drug-likeness (QED) is 0.549. The monoisotopic (exact) mass is 459 g/mol. The summed E-state index contributed by atoms with van der Waals surface area (Å²) in [5, 5.41) is 13.6. The molecule has 11 heteroatoms. The van der Waals surface area contributed by atoms with Gasteiger partial charge in [0.05, 0.1) is 35.6 Å². The summed E-state index contributed by atoms with van der Waals surface area (Å²) in [4.78, 5) is 18.5. The Kier molecular flexibility index (Phi) is 5.53. The van der Waals surface area contributed by atoms with E-state index < -0.39 is 24.0 Å². The van der Waals surface area contributed by atoms with Crippen molar-refractivity contribution in [1.82, 2.24) is 19.7 Å². The van der Waals surface area contributed by atoms with Gasteiger partial charge in [-0.25, -0.2) is 14.1 Å². The number of carbonyl (C=O) groups is 1. The fourth-order valence-electron chi connectivity index (χ4n) is 3.36. The number of halogens is 4. The van der Waals surface area contributed by atoms with Gasteiger partial charge in [0, 0.05) is 18.3 Å². The molecule has 0 spiro atoms. The Hall–Kier alpha value is -3.94. The Bertz CT molecular complexity index is 1260. The summed E-state index contributed by atoms with van der Waals surface area (Å²) in [6.07, 6.45) is -3.99. The normalized spacial score (nSPS) is 14.0. The molecule has 3 aromatic rings. The molecule has 4 rings (SSSR count). The van der Waals surface area contributed by atoms with Gasteiger partial charge in [-0.1, -0.05) is 0 Å². The fraction of sp³-hybridized carbons (Fsp3) is 0.273. The highest BCUT2D eigenvalue weighted by Crippen LogP contribution is 2.31. The van der Waals surface area contributed by atoms with Crippen LogP contribution in [0.1, 0.15) is 39.7 Å². The molecule has 1 aromatic carbocycles. The number of nitriles is 1. The zero-order valence-corrected chi connectivity index (χ0v) is 17.5. The Balaban J connectivity index is 1.57. The predicted octanol–water partition coefficient (Wildman–Crippen LogP) is 4.07. The van der Waals surface area contributed by atoms with Crippen molar-refractivity contribution in [1.29, 1.82) is 5.26 Å². The third kappa shape index (κ3) is 4.37. The minimum atomic E-state index is -4.62. The lowest BCUT2D eigenvalue weighted by Crippen LogP contribution is -2.32. The lowest BCUT2D eigenvalue weighted by Gasteiger charge is -2.22. The molecule has 0 aliphatic carbocycles. The number of alkyl halides is 3. The Labute approximate surface area is 185 Å². The summed E-state index contributed by atoms with van der Waals surface area (Å²) in [6, 6.07) is 7.10. The molecule has 1 aliphatic rings. The zero-order valence-electron chi connectivity index (χ0n) is 17.5. The molecular weight excluding hydrogens is 442 g/mol. The second-order valence-corrected chi connectivity index (χ2v) is 7.62. The number of aryl methyl sites for hydroxylation is 1. The first kappa shape index (κ1) is 22.3. The highest BCUT2D eigenvalue weighted by Gasteiger charge is 2.39. The van der Waals surface area contributed by atoms with Crippen molar-refractivity contribution in [2.24, 2.45) is 0 Å². The van der Waals surface area contributed by atoms with Crippen LogP contribution in [0.2, 0.25) is 0 Å². The van der Waals surface area contributed by atoms with Gasteiger partial charge < -0.3 is 9.64 Å². The molecule has 7 nitrogen and oxygen atoms in total. The highest BCUT2D eigenvalue weighted by atomic mass is 19.4. The Morgan fingerprint density at radius 1 is 1.27 bits per heavy atom. The van der Waals surface area contributed by atoms with E-state index in [9.17, 15) is 22.4 Å². The molecule has 3 heterocycles. The summed E-state index contributed by atoms with van der Waals surface area (Å²) in [5.74, 6) is -0.867. The van der Waals surface area contributed by atoms with Gasteiger partial charge in [0.15, 0.2) is 11.9 Å². The topological polar surface area (TPSA) is 84.0 Å². The second kappa shape index (κ2) is 8.20. The molecule has 0 radical (unpaired) electrons. The fourth-order valence-corrected chi connectivity index (χ4v) is 3.36. The maximum Gasteiger partial charge on any atom is 0.425 e. The van der Waals surface area contributed by atoms with E-state index in [4.69, 9.17) is 10.00 Å². The number of hydrogen-bond donors (Lipinski definition) is 0. The van der Waals surface area contributed by atoms with Crippen molar-refractivity contribution in [3.63, 3.8) is 0 Å². The molecule has 1 amide bonds. The van der Waals surface area contributed by atoms with E-state index in [1.165, 1.54) is 27.8 Å².